The third kappa shape index (κ3) is 6.84. The van der Waals surface area contributed by atoms with Crippen molar-refractivity contribution < 1.29 is 41.0 Å². The van der Waals surface area contributed by atoms with E-state index in [9.17, 15) is 36.2 Å². The summed E-state index contributed by atoms with van der Waals surface area (Å²) in [5, 5.41) is 10.0. The number of benzene rings is 2. The molecule has 0 amide bonds. The molecular weight excluding hydrogens is 452 g/mol. The van der Waals surface area contributed by atoms with E-state index in [1.165, 1.54) is 18.2 Å². The number of aliphatic hydroxyl groups excluding tert-OH is 1. The normalized spacial score (nSPS) is 14.2. The minimum Gasteiger partial charge on any atom is -0.457 e. The standard InChI is InChI=1S/C20H18ClF6NO3/c21-13-5-6-16(22)15(8-13)12-3-1-11(2-4-12)7-14(28)9-17(29)18(30)31-10-19(23,24)20(25,26)27/h1-6,8,14,17,29H,7,9-10,28H2/t14-,17?/m1/s1. The van der Waals surface area contributed by atoms with Crippen LogP contribution in [0.1, 0.15) is 12.0 Å². The minimum atomic E-state index is -5.88. The second kappa shape index (κ2) is 9.88. The largest absolute Gasteiger partial charge is 0.457 e. The Morgan fingerprint density at radius 2 is 1.71 bits per heavy atom. The fraction of sp³-hybridized carbons (Fsp3) is 0.350. The monoisotopic (exact) mass is 469 g/mol. The van der Waals surface area contributed by atoms with Gasteiger partial charge in [-0.1, -0.05) is 35.9 Å². The van der Waals surface area contributed by atoms with Crippen molar-refractivity contribution in [2.75, 3.05) is 6.61 Å². The summed E-state index contributed by atoms with van der Waals surface area (Å²) >= 11 is 5.87. The van der Waals surface area contributed by atoms with Crippen LogP contribution in [-0.2, 0) is 16.0 Å². The fourth-order valence-electron chi connectivity index (χ4n) is 2.65. The molecule has 0 aliphatic carbocycles. The number of aliphatic hydroxyl groups is 1. The van der Waals surface area contributed by atoms with E-state index in [2.05, 4.69) is 4.74 Å². The first-order valence-corrected chi connectivity index (χ1v) is 9.27. The summed E-state index contributed by atoms with van der Waals surface area (Å²) in [6, 6.07) is 9.75. The Morgan fingerprint density at radius 3 is 2.29 bits per heavy atom. The average molecular weight is 470 g/mol. The summed E-state index contributed by atoms with van der Waals surface area (Å²) < 4.78 is 79.5. The maximum Gasteiger partial charge on any atom is 0.456 e. The first-order chi connectivity index (χ1) is 14.3. The number of ether oxygens (including phenoxy) is 1. The van der Waals surface area contributed by atoms with Gasteiger partial charge in [-0.05, 0) is 42.2 Å². The van der Waals surface area contributed by atoms with Gasteiger partial charge in [-0.25, -0.2) is 9.18 Å². The molecule has 2 aromatic rings. The molecule has 170 valence electrons. The lowest BCUT2D eigenvalue weighted by atomic mass is 9.98. The van der Waals surface area contributed by atoms with Crippen LogP contribution in [-0.4, -0.2) is 41.9 Å². The molecule has 0 saturated carbocycles. The lowest BCUT2D eigenvalue weighted by molar-refractivity contribution is -0.294. The van der Waals surface area contributed by atoms with Gasteiger partial charge in [0.1, 0.15) is 5.82 Å². The molecule has 0 aliphatic rings. The van der Waals surface area contributed by atoms with E-state index in [1.54, 1.807) is 24.3 Å². The van der Waals surface area contributed by atoms with Crippen LogP contribution in [0.4, 0.5) is 26.3 Å². The van der Waals surface area contributed by atoms with Gasteiger partial charge in [-0.2, -0.15) is 22.0 Å². The summed E-state index contributed by atoms with van der Waals surface area (Å²) in [6.07, 6.45) is -8.14. The van der Waals surface area contributed by atoms with Gasteiger partial charge in [-0.15, -0.1) is 0 Å². The summed E-state index contributed by atoms with van der Waals surface area (Å²) in [6.45, 7) is -2.23. The smallest absolute Gasteiger partial charge is 0.456 e. The maximum absolute atomic E-state index is 13.9. The van der Waals surface area contributed by atoms with Crippen LogP contribution < -0.4 is 5.73 Å². The first kappa shape index (κ1) is 25.0. The molecule has 0 saturated heterocycles. The molecule has 0 aromatic heterocycles. The van der Waals surface area contributed by atoms with Gasteiger partial charge in [0.2, 0.25) is 0 Å². The molecule has 0 fully saturated rings. The number of hydrogen-bond acceptors (Lipinski definition) is 4. The van der Waals surface area contributed by atoms with Gasteiger partial charge in [-0.3, -0.25) is 0 Å². The predicted molar refractivity (Wildman–Crippen MR) is 101 cm³/mol. The lowest BCUT2D eigenvalue weighted by Crippen LogP contribution is -2.43. The summed E-state index contributed by atoms with van der Waals surface area (Å²) in [5.41, 5.74) is 7.31. The van der Waals surface area contributed by atoms with E-state index in [-0.39, 0.29) is 12.0 Å². The van der Waals surface area contributed by atoms with Crippen molar-refractivity contribution in [3.05, 3.63) is 58.9 Å². The fourth-order valence-corrected chi connectivity index (χ4v) is 2.82. The molecule has 0 spiro atoms. The van der Waals surface area contributed by atoms with Crippen molar-refractivity contribution in [3.8, 4) is 11.1 Å². The van der Waals surface area contributed by atoms with Crippen molar-refractivity contribution in [1.29, 1.82) is 0 Å². The third-order valence-electron chi connectivity index (χ3n) is 4.30. The molecule has 0 bridgehead atoms. The van der Waals surface area contributed by atoms with Crippen molar-refractivity contribution in [2.24, 2.45) is 5.73 Å². The second-order valence-corrected chi connectivity index (χ2v) is 7.28. The minimum absolute atomic E-state index is 0.140. The Kier molecular flexibility index (Phi) is 7.96. The number of carbonyl (C=O) groups excluding carboxylic acids is 1. The highest BCUT2D eigenvalue weighted by molar-refractivity contribution is 6.30. The maximum atomic E-state index is 13.9. The van der Waals surface area contributed by atoms with Crippen molar-refractivity contribution >= 4 is 17.6 Å². The van der Waals surface area contributed by atoms with Crippen LogP contribution in [0.3, 0.4) is 0 Å². The zero-order valence-electron chi connectivity index (χ0n) is 15.8. The molecule has 2 atom stereocenters. The van der Waals surface area contributed by atoms with Gasteiger partial charge in [0.25, 0.3) is 0 Å². The number of rotatable bonds is 8. The number of esters is 1. The molecule has 3 N–H and O–H groups in total. The quantitative estimate of drug-likeness (QED) is 0.441. The Bertz CT molecular complexity index is 905. The Morgan fingerprint density at radius 1 is 1.10 bits per heavy atom. The van der Waals surface area contributed by atoms with Gasteiger partial charge >= 0.3 is 18.1 Å². The topological polar surface area (TPSA) is 72.5 Å². The molecule has 31 heavy (non-hydrogen) atoms. The number of hydrogen-bond donors (Lipinski definition) is 2. The van der Waals surface area contributed by atoms with E-state index >= 15 is 0 Å². The number of halogens is 7. The molecule has 1 unspecified atom stereocenters. The molecule has 0 radical (unpaired) electrons. The number of carbonyl (C=O) groups is 1. The molecule has 11 heteroatoms. The zero-order valence-corrected chi connectivity index (χ0v) is 16.6. The van der Waals surface area contributed by atoms with Gasteiger partial charge < -0.3 is 15.6 Å². The first-order valence-electron chi connectivity index (χ1n) is 8.89. The third-order valence-corrected chi connectivity index (χ3v) is 4.53. The van der Waals surface area contributed by atoms with Gasteiger partial charge in [0.05, 0.1) is 0 Å². The van der Waals surface area contributed by atoms with E-state index in [0.29, 0.717) is 16.1 Å². The van der Waals surface area contributed by atoms with Crippen molar-refractivity contribution in [2.45, 2.75) is 37.1 Å². The molecule has 0 aliphatic heterocycles. The highest BCUT2D eigenvalue weighted by Crippen LogP contribution is 2.35. The van der Waals surface area contributed by atoms with Gasteiger partial charge in [0.15, 0.2) is 12.7 Å². The van der Waals surface area contributed by atoms with E-state index in [4.69, 9.17) is 17.3 Å². The van der Waals surface area contributed by atoms with Crippen LogP contribution in [0, 0.1) is 5.82 Å². The second-order valence-electron chi connectivity index (χ2n) is 6.85. The van der Waals surface area contributed by atoms with Gasteiger partial charge in [0, 0.05) is 16.6 Å². The highest BCUT2D eigenvalue weighted by atomic mass is 35.5. The average Bonchev–Trinajstić information content (AvgIpc) is 2.67. The number of nitrogens with two attached hydrogens (primary N) is 1. The Balaban J connectivity index is 1.91. The van der Waals surface area contributed by atoms with E-state index in [1.807, 2.05) is 0 Å². The zero-order chi connectivity index (χ0) is 23.4. The summed E-state index contributed by atoms with van der Waals surface area (Å²) in [5.74, 6) is -7.33. The van der Waals surface area contributed by atoms with Crippen molar-refractivity contribution in [3.63, 3.8) is 0 Å². The van der Waals surface area contributed by atoms with Crippen molar-refractivity contribution in [1.82, 2.24) is 0 Å². The van der Waals surface area contributed by atoms with Crippen LogP contribution in [0.25, 0.3) is 11.1 Å². The molecule has 2 aromatic carbocycles. The number of alkyl halides is 5. The Labute approximate surface area is 178 Å². The Hall–Kier alpha value is -2.30. The van der Waals surface area contributed by atoms with Crippen LogP contribution >= 0.6 is 11.6 Å². The molecule has 0 heterocycles. The SMILES string of the molecule is N[C@H](Cc1ccc(-c2cc(Cl)ccc2F)cc1)CC(O)C(=O)OCC(F)(F)C(F)(F)F. The van der Waals surface area contributed by atoms with Crippen LogP contribution in [0.15, 0.2) is 42.5 Å². The van der Waals surface area contributed by atoms with E-state index in [0.717, 1.165) is 0 Å². The molecule has 2 rings (SSSR count). The van der Waals surface area contributed by atoms with Crippen LogP contribution in [0.2, 0.25) is 5.02 Å². The molecular formula is C20H18ClF6NO3. The predicted octanol–water partition coefficient (Wildman–Crippen LogP) is 4.51. The summed E-state index contributed by atoms with van der Waals surface area (Å²) in [7, 11) is 0. The highest BCUT2D eigenvalue weighted by Gasteiger charge is 2.58. The molecule has 4 nitrogen and oxygen atoms in total. The van der Waals surface area contributed by atoms with E-state index < -0.39 is 49.1 Å². The van der Waals surface area contributed by atoms with Crippen LogP contribution in [0.5, 0.6) is 0 Å². The lowest BCUT2D eigenvalue weighted by Gasteiger charge is -2.21. The summed E-state index contributed by atoms with van der Waals surface area (Å²) in [4.78, 5) is 11.5.